The Morgan fingerprint density at radius 2 is 1.85 bits per heavy atom. The van der Waals surface area contributed by atoms with E-state index >= 15 is 0 Å². The van der Waals surface area contributed by atoms with Crippen molar-refractivity contribution >= 4 is 0 Å². The fraction of sp³-hybridized carbons (Fsp3) is 1.00. The van der Waals surface area contributed by atoms with E-state index < -0.39 is 0 Å². The van der Waals surface area contributed by atoms with Crippen LogP contribution in [0.1, 0.15) is 53.4 Å². The van der Waals surface area contributed by atoms with Crippen molar-refractivity contribution in [3.05, 3.63) is 0 Å². The molecule has 0 saturated carbocycles. The van der Waals surface area contributed by atoms with E-state index in [9.17, 15) is 0 Å². The maximum atomic E-state index is 5.43. The van der Waals surface area contributed by atoms with Gasteiger partial charge in [-0.05, 0) is 18.3 Å². The van der Waals surface area contributed by atoms with E-state index in [1.807, 2.05) is 0 Å². The third-order valence-electron chi connectivity index (χ3n) is 2.95. The lowest BCUT2D eigenvalue weighted by molar-refractivity contribution is 0.166. The minimum Gasteiger partial charge on any atom is -0.381 e. The lowest BCUT2D eigenvalue weighted by Gasteiger charge is -2.20. The van der Waals surface area contributed by atoms with Gasteiger partial charge in [0, 0.05) is 13.2 Å². The smallest absolute Gasteiger partial charge is 0.0497 e. The second-order valence-corrected chi connectivity index (χ2v) is 3.96. The first-order valence-electron chi connectivity index (χ1n) is 5.46. The molecule has 1 fully saturated rings. The van der Waals surface area contributed by atoms with E-state index in [1.54, 1.807) is 0 Å². The fourth-order valence-corrected chi connectivity index (χ4v) is 2.28. The normalized spacial score (nSPS) is 21.9. The Labute approximate surface area is 83.9 Å². The van der Waals surface area contributed by atoms with Crippen LogP contribution in [0.4, 0.5) is 0 Å². The van der Waals surface area contributed by atoms with Crippen molar-refractivity contribution in [2.45, 2.75) is 53.4 Å². The summed E-state index contributed by atoms with van der Waals surface area (Å²) >= 11 is 0. The molecule has 1 rings (SSSR count). The zero-order valence-electron chi connectivity index (χ0n) is 8.51. The third-order valence-corrected chi connectivity index (χ3v) is 2.95. The third kappa shape index (κ3) is 4.12. The Kier molecular flexibility index (Phi) is 7.35. The number of rotatable bonds is 5. The van der Waals surface area contributed by atoms with Crippen molar-refractivity contribution < 1.29 is 4.74 Å². The Morgan fingerprint density at radius 3 is 2.23 bits per heavy atom. The van der Waals surface area contributed by atoms with E-state index in [2.05, 4.69) is 13.8 Å². The predicted molar refractivity (Wildman–Crippen MR) is 59.0 cm³/mol. The molecule has 0 aromatic heterocycles. The maximum absolute atomic E-state index is 5.43. The molecule has 0 bridgehead atoms. The number of ether oxygens (including phenoxy) is 1. The van der Waals surface area contributed by atoms with Gasteiger partial charge in [-0.1, -0.05) is 47.0 Å². The Bertz CT molecular complexity index is 99.7. The highest BCUT2D eigenvalue weighted by Gasteiger charge is 2.23. The summed E-state index contributed by atoms with van der Waals surface area (Å²) < 4.78 is 5.43. The van der Waals surface area contributed by atoms with Crippen LogP contribution >= 0.6 is 0 Å². The van der Waals surface area contributed by atoms with Crippen LogP contribution in [-0.2, 0) is 4.74 Å². The number of hydrogen-bond donors (Lipinski definition) is 0. The molecule has 1 atom stereocenters. The van der Waals surface area contributed by atoms with Gasteiger partial charge in [-0.15, -0.1) is 0 Å². The van der Waals surface area contributed by atoms with E-state index in [1.165, 1.54) is 32.1 Å². The van der Waals surface area contributed by atoms with Crippen LogP contribution < -0.4 is 0 Å². The summed E-state index contributed by atoms with van der Waals surface area (Å²) in [7, 11) is 0. The summed E-state index contributed by atoms with van der Waals surface area (Å²) in [5.41, 5.74) is 0. The first kappa shape index (κ1) is 13.0. The highest BCUT2D eigenvalue weighted by molar-refractivity contribution is 4.73. The van der Waals surface area contributed by atoms with E-state index in [4.69, 9.17) is 4.74 Å². The standard InChI is InChI=1S/C11H22O.CH4/c1-3-5-10(6-4-2)11-7-8-12-9-11;/h10-11H,3-9H2,1-2H3;1H4. The average Bonchev–Trinajstić information content (AvgIpc) is 2.56. The van der Waals surface area contributed by atoms with Gasteiger partial charge in [0.2, 0.25) is 0 Å². The molecule has 0 aromatic rings. The lowest BCUT2D eigenvalue weighted by Crippen LogP contribution is -2.14. The van der Waals surface area contributed by atoms with Crippen molar-refractivity contribution in [2.75, 3.05) is 13.2 Å². The van der Waals surface area contributed by atoms with Crippen LogP contribution in [0, 0.1) is 11.8 Å². The molecule has 0 aliphatic carbocycles. The van der Waals surface area contributed by atoms with E-state index in [0.717, 1.165) is 25.0 Å². The summed E-state index contributed by atoms with van der Waals surface area (Å²) in [6, 6.07) is 0. The Balaban J connectivity index is 0.00000144. The van der Waals surface area contributed by atoms with Gasteiger partial charge in [0.1, 0.15) is 0 Å². The largest absolute Gasteiger partial charge is 0.381 e. The predicted octanol–water partition coefficient (Wildman–Crippen LogP) is 3.88. The molecule has 1 heterocycles. The second-order valence-electron chi connectivity index (χ2n) is 3.96. The minimum atomic E-state index is 0. The van der Waals surface area contributed by atoms with Gasteiger partial charge in [0.15, 0.2) is 0 Å². The maximum Gasteiger partial charge on any atom is 0.0497 e. The van der Waals surface area contributed by atoms with Crippen LogP contribution in [0.5, 0.6) is 0 Å². The Hall–Kier alpha value is -0.0400. The highest BCUT2D eigenvalue weighted by atomic mass is 16.5. The van der Waals surface area contributed by atoms with Gasteiger partial charge < -0.3 is 4.74 Å². The topological polar surface area (TPSA) is 9.23 Å². The molecule has 1 aliphatic rings. The molecule has 1 heteroatoms. The molecule has 0 aromatic carbocycles. The van der Waals surface area contributed by atoms with Crippen molar-refractivity contribution in [3.63, 3.8) is 0 Å². The quantitative estimate of drug-likeness (QED) is 0.633. The minimum absolute atomic E-state index is 0. The van der Waals surface area contributed by atoms with Crippen molar-refractivity contribution in [2.24, 2.45) is 11.8 Å². The molecule has 0 N–H and O–H groups in total. The van der Waals surface area contributed by atoms with Crippen molar-refractivity contribution in [3.8, 4) is 0 Å². The molecule has 13 heavy (non-hydrogen) atoms. The molecule has 0 radical (unpaired) electrons. The van der Waals surface area contributed by atoms with Crippen molar-refractivity contribution in [1.82, 2.24) is 0 Å². The first-order chi connectivity index (χ1) is 5.88. The highest BCUT2D eigenvalue weighted by Crippen LogP contribution is 2.29. The van der Waals surface area contributed by atoms with Gasteiger partial charge in [-0.3, -0.25) is 0 Å². The van der Waals surface area contributed by atoms with Crippen LogP contribution in [0.3, 0.4) is 0 Å². The molecule has 1 aliphatic heterocycles. The summed E-state index contributed by atoms with van der Waals surface area (Å²) in [5.74, 6) is 1.83. The summed E-state index contributed by atoms with van der Waals surface area (Å²) in [5, 5.41) is 0. The Morgan fingerprint density at radius 1 is 1.23 bits per heavy atom. The summed E-state index contributed by atoms with van der Waals surface area (Å²) in [6.45, 7) is 6.62. The van der Waals surface area contributed by atoms with Gasteiger partial charge >= 0.3 is 0 Å². The van der Waals surface area contributed by atoms with Crippen LogP contribution in [0.25, 0.3) is 0 Å². The fourth-order valence-electron chi connectivity index (χ4n) is 2.28. The summed E-state index contributed by atoms with van der Waals surface area (Å²) in [4.78, 5) is 0. The van der Waals surface area contributed by atoms with Gasteiger partial charge in [0.25, 0.3) is 0 Å². The molecule has 0 amide bonds. The molecule has 80 valence electrons. The summed E-state index contributed by atoms with van der Waals surface area (Å²) in [6.07, 6.45) is 6.79. The first-order valence-corrected chi connectivity index (χ1v) is 5.46. The van der Waals surface area contributed by atoms with Gasteiger partial charge in [-0.25, -0.2) is 0 Å². The van der Waals surface area contributed by atoms with E-state index in [0.29, 0.717) is 0 Å². The van der Waals surface area contributed by atoms with Crippen molar-refractivity contribution in [1.29, 1.82) is 0 Å². The second kappa shape index (κ2) is 7.37. The monoisotopic (exact) mass is 186 g/mol. The van der Waals surface area contributed by atoms with Gasteiger partial charge in [0.05, 0.1) is 0 Å². The van der Waals surface area contributed by atoms with Crippen LogP contribution in [0.2, 0.25) is 0 Å². The molecular weight excluding hydrogens is 160 g/mol. The molecule has 1 nitrogen and oxygen atoms in total. The zero-order valence-corrected chi connectivity index (χ0v) is 8.51. The zero-order chi connectivity index (χ0) is 8.81. The van der Waals surface area contributed by atoms with Gasteiger partial charge in [-0.2, -0.15) is 0 Å². The molecule has 1 saturated heterocycles. The molecule has 0 spiro atoms. The van der Waals surface area contributed by atoms with Crippen LogP contribution in [-0.4, -0.2) is 13.2 Å². The SMILES string of the molecule is C.CCCC(CCC)C1CCOC1. The molecule has 1 unspecified atom stereocenters. The molecular formula is C12H26O. The average molecular weight is 186 g/mol. The lowest BCUT2D eigenvalue weighted by atomic mass is 9.85. The number of hydrogen-bond acceptors (Lipinski definition) is 1. The van der Waals surface area contributed by atoms with Crippen LogP contribution in [0.15, 0.2) is 0 Å². The van der Waals surface area contributed by atoms with E-state index in [-0.39, 0.29) is 7.43 Å².